The Kier molecular flexibility index (Phi) is 6.01. The van der Waals surface area contributed by atoms with Crippen LogP contribution in [0.2, 0.25) is 0 Å². The third kappa shape index (κ3) is 4.18. The van der Waals surface area contributed by atoms with Crippen molar-refractivity contribution in [3.05, 3.63) is 90.2 Å². The van der Waals surface area contributed by atoms with Crippen molar-refractivity contribution in [3.63, 3.8) is 0 Å². The van der Waals surface area contributed by atoms with Crippen molar-refractivity contribution in [2.45, 2.75) is 6.54 Å². The van der Waals surface area contributed by atoms with Crippen LogP contribution in [0.25, 0.3) is 27.1 Å². The third-order valence-corrected chi connectivity index (χ3v) is 5.23. The van der Waals surface area contributed by atoms with Crippen molar-refractivity contribution in [2.75, 3.05) is 17.2 Å². The molecule has 168 valence electrons. The lowest BCUT2D eigenvalue weighted by Crippen LogP contribution is -2.34. The SMILES string of the molecule is [C-]#[N+]C(=C)C(=O)N(CCn1nc(-c2ccc(C(N)=O)cc2)c2c(N)ncnc21)c1ccccc1. The zero-order chi connectivity index (χ0) is 24.2. The Morgan fingerprint density at radius 3 is 2.44 bits per heavy atom. The van der Waals surface area contributed by atoms with Gasteiger partial charge in [0.1, 0.15) is 17.8 Å². The van der Waals surface area contributed by atoms with Crippen LogP contribution >= 0.6 is 0 Å². The van der Waals surface area contributed by atoms with Gasteiger partial charge < -0.3 is 16.4 Å². The normalized spacial score (nSPS) is 10.6. The fourth-order valence-electron chi connectivity index (χ4n) is 3.53. The highest BCUT2D eigenvalue weighted by Gasteiger charge is 2.21. The molecule has 4 rings (SSSR count). The average Bonchev–Trinajstić information content (AvgIpc) is 3.24. The molecule has 0 unspecified atom stereocenters. The Labute approximate surface area is 195 Å². The van der Waals surface area contributed by atoms with Crippen LogP contribution in [0.1, 0.15) is 10.4 Å². The molecule has 2 heterocycles. The number of hydrogen-bond donors (Lipinski definition) is 2. The van der Waals surface area contributed by atoms with E-state index in [0.717, 1.165) is 0 Å². The summed E-state index contributed by atoms with van der Waals surface area (Å²) in [7, 11) is 0. The summed E-state index contributed by atoms with van der Waals surface area (Å²) in [5.74, 6) is -0.770. The Morgan fingerprint density at radius 1 is 1.09 bits per heavy atom. The number of benzene rings is 2. The van der Waals surface area contributed by atoms with Gasteiger partial charge in [-0.2, -0.15) is 5.10 Å². The first-order valence-electron chi connectivity index (χ1n) is 10.2. The number of para-hydroxylation sites is 1. The van der Waals surface area contributed by atoms with Crippen molar-refractivity contribution in [1.82, 2.24) is 19.7 Å². The number of amides is 2. The van der Waals surface area contributed by atoms with Gasteiger partial charge in [0.05, 0.1) is 18.5 Å². The molecule has 0 bridgehead atoms. The number of anilines is 2. The van der Waals surface area contributed by atoms with E-state index in [1.165, 1.54) is 11.2 Å². The molecule has 0 aliphatic carbocycles. The first kappa shape index (κ1) is 22.2. The average molecular weight is 452 g/mol. The van der Waals surface area contributed by atoms with Gasteiger partial charge in [-0.3, -0.25) is 9.59 Å². The second-order valence-corrected chi connectivity index (χ2v) is 7.32. The Hall–Kier alpha value is -5.04. The molecule has 0 saturated heterocycles. The maximum atomic E-state index is 12.8. The number of rotatable bonds is 7. The Bertz CT molecular complexity index is 1440. The number of carbonyl (C=O) groups excluding carboxylic acids is 2. The molecule has 10 nitrogen and oxygen atoms in total. The van der Waals surface area contributed by atoms with Crippen molar-refractivity contribution >= 4 is 34.4 Å². The van der Waals surface area contributed by atoms with Crippen LogP contribution in [0, 0.1) is 6.57 Å². The quantitative estimate of drug-likeness (QED) is 0.327. The molecular formula is C24H20N8O2. The molecule has 0 radical (unpaired) electrons. The van der Waals surface area contributed by atoms with Crippen molar-refractivity contribution in [1.29, 1.82) is 0 Å². The number of carbonyl (C=O) groups is 2. The van der Waals surface area contributed by atoms with Crippen LogP contribution in [0.3, 0.4) is 0 Å². The van der Waals surface area contributed by atoms with Gasteiger partial charge in [0.15, 0.2) is 5.65 Å². The summed E-state index contributed by atoms with van der Waals surface area (Å²) in [6.07, 6.45) is 1.34. The Morgan fingerprint density at radius 2 is 1.79 bits per heavy atom. The van der Waals surface area contributed by atoms with Crippen LogP contribution in [-0.4, -0.2) is 38.1 Å². The lowest BCUT2D eigenvalue weighted by Gasteiger charge is -2.22. The lowest BCUT2D eigenvalue weighted by molar-refractivity contribution is -0.114. The smallest absolute Gasteiger partial charge is 0.256 e. The molecule has 2 aromatic heterocycles. The predicted molar refractivity (Wildman–Crippen MR) is 128 cm³/mol. The minimum absolute atomic E-state index is 0.184. The standard InChI is InChI=1S/C24H20N8O2/c1-15(27-2)24(34)31(18-6-4-3-5-7-18)12-13-32-23-19(21(25)28-14-29-23)20(30-32)16-8-10-17(11-9-16)22(26)33/h3-11,14H,1,12-13H2,(H2,26,33)(H2,25,28,29). The lowest BCUT2D eigenvalue weighted by atomic mass is 10.1. The maximum Gasteiger partial charge on any atom is 0.256 e. The molecule has 0 spiro atoms. The molecule has 34 heavy (non-hydrogen) atoms. The molecule has 0 atom stereocenters. The first-order valence-corrected chi connectivity index (χ1v) is 10.2. The molecule has 0 saturated carbocycles. The second-order valence-electron chi connectivity index (χ2n) is 7.32. The summed E-state index contributed by atoms with van der Waals surface area (Å²) >= 11 is 0. The van der Waals surface area contributed by atoms with Gasteiger partial charge >= 0.3 is 0 Å². The highest BCUT2D eigenvalue weighted by molar-refractivity contribution is 6.06. The maximum absolute atomic E-state index is 12.8. The van der Waals surface area contributed by atoms with Crippen LogP contribution in [-0.2, 0) is 11.3 Å². The summed E-state index contributed by atoms with van der Waals surface area (Å²) in [4.78, 5) is 37.3. The van der Waals surface area contributed by atoms with Crippen LogP contribution in [0.5, 0.6) is 0 Å². The minimum Gasteiger partial charge on any atom is -0.383 e. The summed E-state index contributed by atoms with van der Waals surface area (Å²) in [5.41, 5.74) is 14.0. The number of nitrogens with zero attached hydrogens (tertiary/aromatic N) is 6. The molecule has 0 aliphatic rings. The van der Waals surface area contributed by atoms with Gasteiger partial charge in [0.2, 0.25) is 11.6 Å². The van der Waals surface area contributed by atoms with Gasteiger partial charge in [-0.1, -0.05) is 36.9 Å². The summed E-state index contributed by atoms with van der Waals surface area (Å²) in [5, 5.41) is 5.24. The summed E-state index contributed by atoms with van der Waals surface area (Å²) in [6.45, 7) is 11.2. The molecule has 4 aromatic rings. The van der Waals surface area contributed by atoms with Crippen molar-refractivity contribution < 1.29 is 9.59 Å². The Balaban J connectivity index is 1.72. The molecule has 0 aliphatic heterocycles. The largest absolute Gasteiger partial charge is 0.383 e. The van der Waals surface area contributed by atoms with Crippen molar-refractivity contribution in [3.8, 4) is 11.3 Å². The van der Waals surface area contributed by atoms with E-state index >= 15 is 0 Å². The van der Waals surface area contributed by atoms with E-state index in [1.807, 2.05) is 6.07 Å². The number of primary amides is 1. The highest BCUT2D eigenvalue weighted by atomic mass is 16.2. The van der Waals surface area contributed by atoms with E-state index in [-0.39, 0.29) is 24.6 Å². The zero-order valence-corrected chi connectivity index (χ0v) is 18.0. The number of hydrogen-bond acceptors (Lipinski definition) is 6. The molecule has 4 N–H and O–H groups in total. The minimum atomic E-state index is -0.531. The third-order valence-electron chi connectivity index (χ3n) is 5.23. The molecular weight excluding hydrogens is 432 g/mol. The van der Waals surface area contributed by atoms with E-state index in [0.29, 0.717) is 33.5 Å². The van der Waals surface area contributed by atoms with Gasteiger partial charge in [-0.15, -0.1) is 0 Å². The van der Waals surface area contributed by atoms with Crippen LogP contribution in [0.15, 0.2) is 73.2 Å². The van der Waals surface area contributed by atoms with Crippen LogP contribution in [0.4, 0.5) is 11.5 Å². The number of nitrogen functional groups attached to an aromatic ring is 1. The van der Waals surface area contributed by atoms with E-state index in [1.54, 1.807) is 53.2 Å². The van der Waals surface area contributed by atoms with E-state index in [4.69, 9.17) is 18.0 Å². The van der Waals surface area contributed by atoms with E-state index in [9.17, 15) is 9.59 Å². The number of aromatic nitrogens is 4. The van der Waals surface area contributed by atoms with Gasteiger partial charge in [0.25, 0.3) is 5.91 Å². The number of nitrogens with two attached hydrogens (primary N) is 2. The first-order chi connectivity index (χ1) is 16.4. The fourth-order valence-corrected chi connectivity index (χ4v) is 3.53. The summed E-state index contributed by atoms with van der Waals surface area (Å²) in [6, 6.07) is 15.7. The van der Waals surface area contributed by atoms with E-state index < -0.39 is 11.8 Å². The molecule has 2 aromatic carbocycles. The predicted octanol–water partition coefficient (Wildman–Crippen LogP) is 2.64. The summed E-state index contributed by atoms with van der Waals surface area (Å²) < 4.78 is 1.63. The molecule has 10 heteroatoms. The molecule has 2 amide bonds. The van der Waals surface area contributed by atoms with Crippen LogP contribution < -0.4 is 16.4 Å². The van der Waals surface area contributed by atoms with Crippen molar-refractivity contribution in [2.24, 2.45) is 5.73 Å². The zero-order valence-electron chi connectivity index (χ0n) is 18.0. The highest BCUT2D eigenvalue weighted by Crippen LogP contribution is 2.30. The second kappa shape index (κ2) is 9.22. The fraction of sp³-hybridized carbons (Fsp3) is 0.0833. The van der Waals surface area contributed by atoms with Gasteiger partial charge in [-0.05, 0) is 24.3 Å². The van der Waals surface area contributed by atoms with Gasteiger partial charge in [-0.25, -0.2) is 19.5 Å². The monoisotopic (exact) mass is 452 g/mol. The molecule has 0 fully saturated rings. The topological polar surface area (TPSA) is 137 Å². The number of fused-ring (bicyclic) bond motifs is 1. The van der Waals surface area contributed by atoms with Gasteiger partial charge in [0, 0.05) is 23.4 Å². The van der Waals surface area contributed by atoms with E-state index in [2.05, 4.69) is 26.5 Å².